The number of rotatable bonds is 7. The molecule has 2 aromatic heterocycles. The summed E-state index contributed by atoms with van der Waals surface area (Å²) in [5.41, 5.74) is 5.62. The van der Waals surface area contributed by atoms with Crippen molar-refractivity contribution < 1.29 is 9.53 Å². The van der Waals surface area contributed by atoms with Crippen LogP contribution in [-0.4, -0.2) is 93.3 Å². The molecule has 1 spiro atoms. The van der Waals surface area contributed by atoms with Gasteiger partial charge in [-0.05, 0) is 63.9 Å². The number of hydrogen-bond donors (Lipinski definition) is 1. The van der Waals surface area contributed by atoms with E-state index in [1.165, 1.54) is 23.7 Å². The highest BCUT2D eigenvalue weighted by atomic mass is 16.5. The van der Waals surface area contributed by atoms with E-state index in [2.05, 4.69) is 63.6 Å². The number of fused-ring (bicyclic) bond motifs is 2. The lowest BCUT2D eigenvalue weighted by atomic mass is 9.93. The van der Waals surface area contributed by atoms with E-state index in [1.807, 2.05) is 6.20 Å². The number of aryl methyl sites for hydroxylation is 1. The Morgan fingerprint density at radius 1 is 1.26 bits per heavy atom. The van der Waals surface area contributed by atoms with Gasteiger partial charge >= 0.3 is 6.01 Å². The van der Waals surface area contributed by atoms with E-state index in [1.54, 1.807) is 4.90 Å². The Bertz CT molecular complexity index is 1610. The van der Waals surface area contributed by atoms with Crippen LogP contribution in [0.5, 0.6) is 6.01 Å². The lowest BCUT2D eigenvalue weighted by Gasteiger charge is -2.44. The Hall–Kier alpha value is -4.17. The molecule has 3 fully saturated rings. The fourth-order valence-electron chi connectivity index (χ4n) is 7.35. The molecule has 224 valence electrons. The average Bonchev–Trinajstić information content (AvgIpc) is 3.39. The minimum atomic E-state index is -0.234. The smallest absolute Gasteiger partial charge is 0.318 e. The maximum absolute atomic E-state index is 12.6. The van der Waals surface area contributed by atoms with E-state index in [9.17, 15) is 10.1 Å². The van der Waals surface area contributed by atoms with Crippen molar-refractivity contribution in [3.8, 4) is 12.1 Å². The van der Waals surface area contributed by atoms with Crippen LogP contribution in [0.25, 0.3) is 10.9 Å². The predicted molar refractivity (Wildman–Crippen MR) is 164 cm³/mol. The summed E-state index contributed by atoms with van der Waals surface area (Å²) in [6.07, 6.45) is 8.85. The van der Waals surface area contributed by atoms with E-state index in [0.29, 0.717) is 44.8 Å². The molecule has 11 heteroatoms. The molecule has 0 bridgehead atoms. The zero-order valence-electron chi connectivity index (χ0n) is 25.1. The number of H-pyrrole nitrogens is 1. The van der Waals surface area contributed by atoms with Crippen LogP contribution in [-0.2, 0) is 17.8 Å². The summed E-state index contributed by atoms with van der Waals surface area (Å²) >= 11 is 0. The Morgan fingerprint density at radius 3 is 2.86 bits per heavy atom. The van der Waals surface area contributed by atoms with Crippen molar-refractivity contribution in [2.45, 2.75) is 69.6 Å². The van der Waals surface area contributed by atoms with Crippen LogP contribution in [0, 0.1) is 18.3 Å². The summed E-state index contributed by atoms with van der Waals surface area (Å²) in [4.78, 5) is 31.6. The maximum atomic E-state index is 12.6. The van der Waals surface area contributed by atoms with Gasteiger partial charge in [0.25, 0.3) is 0 Å². The van der Waals surface area contributed by atoms with Gasteiger partial charge in [0.15, 0.2) is 0 Å². The van der Waals surface area contributed by atoms with Gasteiger partial charge < -0.3 is 24.3 Å². The number of anilines is 2. The number of aromatic amines is 1. The van der Waals surface area contributed by atoms with Crippen molar-refractivity contribution in [1.82, 2.24) is 30.0 Å². The SMILES string of the molecule is C=CC(=O)N1CCN(c2nc(OC[C@@H]3CCCN3C)nc3c2CC2(CC2)N(c2c(C)ccc4[nH]ncc24)C3)C[C@@H]1CC#N. The molecule has 43 heavy (non-hydrogen) atoms. The molecule has 0 radical (unpaired) electrons. The number of piperazine rings is 1. The third-order valence-corrected chi connectivity index (χ3v) is 9.97. The zero-order valence-corrected chi connectivity index (χ0v) is 25.1. The van der Waals surface area contributed by atoms with Crippen LogP contribution in [0.15, 0.2) is 31.0 Å². The number of likely N-dealkylation sites (N-methyl/N-ethyl adjacent to an activating group) is 1. The molecule has 4 aliphatic rings. The quantitative estimate of drug-likeness (QED) is 0.419. The van der Waals surface area contributed by atoms with Gasteiger partial charge in [0, 0.05) is 48.6 Å². The third-order valence-electron chi connectivity index (χ3n) is 9.97. The normalized spacial score (nSPS) is 23.0. The van der Waals surface area contributed by atoms with Gasteiger partial charge in [-0.2, -0.15) is 20.3 Å². The Kier molecular flexibility index (Phi) is 6.96. The first-order chi connectivity index (χ1) is 20.9. The molecule has 1 aliphatic carbocycles. The number of nitrogens with one attached hydrogen (secondary N) is 1. The van der Waals surface area contributed by atoms with Gasteiger partial charge in [-0.1, -0.05) is 12.6 Å². The van der Waals surface area contributed by atoms with Crippen LogP contribution in [0.4, 0.5) is 11.5 Å². The first kappa shape index (κ1) is 27.7. The van der Waals surface area contributed by atoms with Crippen molar-refractivity contribution in [3.05, 3.63) is 47.8 Å². The molecular weight excluding hydrogens is 542 g/mol. The number of carbonyl (C=O) groups is 1. The highest BCUT2D eigenvalue weighted by molar-refractivity contribution is 5.94. The average molecular weight is 582 g/mol. The first-order valence-corrected chi connectivity index (χ1v) is 15.4. The summed E-state index contributed by atoms with van der Waals surface area (Å²) in [5, 5.41) is 18.2. The Balaban J connectivity index is 1.27. The molecule has 5 heterocycles. The number of hydrogen-bond acceptors (Lipinski definition) is 9. The van der Waals surface area contributed by atoms with Gasteiger partial charge in [-0.3, -0.25) is 9.89 Å². The number of nitrogens with zero attached hydrogens (tertiary/aromatic N) is 8. The molecule has 1 saturated carbocycles. The van der Waals surface area contributed by atoms with Crippen LogP contribution in [0.1, 0.15) is 48.9 Å². The minimum absolute atomic E-state index is 0.00302. The molecule has 2 atom stereocenters. The molecule has 11 nitrogen and oxygen atoms in total. The van der Waals surface area contributed by atoms with Gasteiger partial charge in [0.1, 0.15) is 12.4 Å². The highest BCUT2D eigenvalue weighted by Gasteiger charge is 2.53. The van der Waals surface area contributed by atoms with Crippen molar-refractivity contribution in [1.29, 1.82) is 5.26 Å². The zero-order chi connectivity index (χ0) is 29.7. The van der Waals surface area contributed by atoms with Crippen LogP contribution in [0.2, 0.25) is 0 Å². The van der Waals surface area contributed by atoms with Crippen molar-refractivity contribution >= 4 is 28.3 Å². The summed E-state index contributed by atoms with van der Waals surface area (Å²) in [6.45, 7) is 9.80. The van der Waals surface area contributed by atoms with Crippen LogP contribution >= 0.6 is 0 Å². The number of nitriles is 1. The lowest BCUT2D eigenvalue weighted by molar-refractivity contribution is -0.128. The largest absolute Gasteiger partial charge is 0.462 e. The number of aromatic nitrogens is 4. The standard InChI is InChI=1S/C32H39N9O2/c1-4-28(42)40-15-14-39(18-22(40)9-12-33)30-24-16-32(10-11-32)41(29-21(2)7-8-26-25(29)17-34-37-26)19-27(24)35-31(36-30)43-20-23-6-5-13-38(23)3/h4,7-8,17,22-23H,1,5-6,9-11,13-16,18-20H2,2-3H3,(H,34,37)/t22-,23-/m0/s1. The third kappa shape index (κ3) is 4.87. The van der Waals surface area contributed by atoms with Crippen molar-refractivity contribution in [2.75, 3.05) is 49.6 Å². The molecule has 1 aromatic carbocycles. The van der Waals surface area contributed by atoms with E-state index in [0.717, 1.165) is 60.2 Å². The van der Waals surface area contributed by atoms with Gasteiger partial charge in [-0.15, -0.1) is 0 Å². The predicted octanol–water partition coefficient (Wildman–Crippen LogP) is 3.35. The summed E-state index contributed by atoms with van der Waals surface area (Å²) in [5.74, 6) is 0.753. The number of likely N-dealkylation sites (tertiary alicyclic amines) is 1. The minimum Gasteiger partial charge on any atom is -0.462 e. The number of ether oxygens (including phenoxy) is 1. The molecule has 1 N–H and O–H groups in total. The monoisotopic (exact) mass is 581 g/mol. The van der Waals surface area contributed by atoms with Crippen LogP contribution in [0.3, 0.4) is 0 Å². The molecule has 1 amide bonds. The fourth-order valence-corrected chi connectivity index (χ4v) is 7.35. The van der Waals surface area contributed by atoms with Gasteiger partial charge in [0.2, 0.25) is 5.91 Å². The number of benzene rings is 1. The number of carbonyl (C=O) groups excluding carboxylic acids is 1. The Morgan fingerprint density at radius 2 is 2.12 bits per heavy atom. The van der Waals surface area contributed by atoms with Gasteiger partial charge in [0.05, 0.1) is 48.2 Å². The molecule has 7 rings (SSSR count). The molecule has 3 aliphatic heterocycles. The fraction of sp³-hybridized carbons (Fsp3) is 0.531. The Labute approximate surface area is 252 Å². The number of amides is 1. The van der Waals surface area contributed by atoms with Crippen LogP contribution < -0.4 is 14.5 Å². The van der Waals surface area contributed by atoms with E-state index < -0.39 is 0 Å². The lowest BCUT2D eigenvalue weighted by Crippen LogP contribution is -2.55. The first-order valence-electron chi connectivity index (χ1n) is 15.4. The van der Waals surface area contributed by atoms with E-state index in [4.69, 9.17) is 14.7 Å². The van der Waals surface area contributed by atoms with E-state index >= 15 is 0 Å². The summed E-state index contributed by atoms with van der Waals surface area (Å²) in [6, 6.07) is 7.06. The van der Waals surface area contributed by atoms with Gasteiger partial charge in [-0.25, -0.2) is 0 Å². The maximum Gasteiger partial charge on any atom is 0.318 e. The molecule has 0 unspecified atom stereocenters. The van der Waals surface area contributed by atoms with E-state index in [-0.39, 0.29) is 23.9 Å². The summed E-state index contributed by atoms with van der Waals surface area (Å²) < 4.78 is 6.34. The molecule has 3 aromatic rings. The molecular formula is C32H39N9O2. The van der Waals surface area contributed by atoms with Crippen molar-refractivity contribution in [2.24, 2.45) is 0 Å². The topological polar surface area (TPSA) is 118 Å². The van der Waals surface area contributed by atoms with Crippen molar-refractivity contribution in [3.63, 3.8) is 0 Å². The second-order valence-corrected chi connectivity index (χ2v) is 12.6. The summed E-state index contributed by atoms with van der Waals surface area (Å²) in [7, 11) is 2.14. The second-order valence-electron chi connectivity index (χ2n) is 12.6. The highest BCUT2D eigenvalue weighted by Crippen LogP contribution is 2.53. The molecule has 2 saturated heterocycles. The second kappa shape index (κ2) is 10.8.